The van der Waals surface area contributed by atoms with Crippen molar-refractivity contribution in [3.63, 3.8) is 0 Å². The van der Waals surface area contributed by atoms with Crippen LogP contribution in [0.5, 0.6) is 11.5 Å². The highest BCUT2D eigenvalue weighted by molar-refractivity contribution is 5.77. The van der Waals surface area contributed by atoms with Gasteiger partial charge in [0.05, 0.1) is 11.8 Å². The Morgan fingerprint density at radius 3 is 2.88 bits per heavy atom. The van der Waals surface area contributed by atoms with Gasteiger partial charge >= 0.3 is 0 Å². The second-order valence-corrected chi connectivity index (χ2v) is 3.44. The molecule has 0 atom stereocenters. The summed E-state index contributed by atoms with van der Waals surface area (Å²) in [6.45, 7) is 1.08. The van der Waals surface area contributed by atoms with Crippen LogP contribution in [-0.4, -0.2) is 18.4 Å². The Morgan fingerprint density at radius 1 is 1.19 bits per heavy atom. The fraction of sp³-hybridized carbons (Fsp3) is 0.182. The monoisotopic (exact) mass is 218 g/mol. The molecule has 0 radical (unpaired) electrons. The summed E-state index contributed by atoms with van der Waals surface area (Å²) in [5.41, 5.74) is 7.01. The second-order valence-electron chi connectivity index (χ2n) is 3.44. The summed E-state index contributed by atoms with van der Waals surface area (Å²) in [6, 6.07) is 5.58. The lowest BCUT2D eigenvalue weighted by atomic mass is 10.1. The van der Waals surface area contributed by atoms with Gasteiger partial charge in [0.25, 0.3) is 0 Å². The van der Waals surface area contributed by atoms with Crippen LogP contribution in [0.4, 0.5) is 5.69 Å². The van der Waals surface area contributed by atoms with Crippen LogP contribution in [0.1, 0.15) is 0 Å². The highest BCUT2D eigenvalue weighted by Crippen LogP contribution is 2.41. The molecule has 1 aromatic carbocycles. The van der Waals surface area contributed by atoms with Gasteiger partial charge in [0.15, 0.2) is 17.3 Å². The summed E-state index contributed by atoms with van der Waals surface area (Å²) in [6.07, 6.45) is 1.47. The Balaban J connectivity index is 2.18. The van der Waals surface area contributed by atoms with Crippen LogP contribution in [0.15, 0.2) is 28.9 Å². The van der Waals surface area contributed by atoms with E-state index in [0.29, 0.717) is 36.2 Å². The van der Waals surface area contributed by atoms with Gasteiger partial charge in [0.1, 0.15) is 18.9 Å². The molecule has 2 N–H and O–H groups in total. The Hall–Kier alpha value is -2.17. The van der Waals surface area contributed by atoms with Crippen molar-refractivity contribution in [1.29, 1.82) is 0 Å². The van der Waals surface area contributed by atoms with Gasteiger partial charge in [-0.05, 0) is 12.1 Å². The number of nitrogens with two attached hydrogens (primary N) is 1. The number of para-hydroxylation sites is 1. The summed E-state index contributed by atoms with van der Waals surface area (Å²) in [5.74, 6) is 1.89. The van der Waals surface area contributed by atoms with E-state index in [4.69, 9.17) is 19.7 Å². The second kappa shape index (κ2) is 3.44. The van der Waals surface area contributed by atoms with Crippen molar-refractivity contribution >= 4 is 5.69 Å². The first-order valence-corrected chi connectivity index (χ1v) is 4.95. The lowest BCUT2D eigenvalue weighted by Crippen LogP contribution is -2.15. The van der Waals surface area contributed by atoms with Gasteiger partial charge in [-0.1, -0.05) is 11.2 Å². The third-order valence-electron chi connectivity index (χ3n) is 2.41. The van der Waals surface area contributed by atoms with Gasteiger partial charge in [-0.3, -0.25) is 0 Å². The predicted octanol–water partition coefficient (Wildman–Crippen LogP) is 1.70. The van der Waals surface area contributed by atoms with E-state index >= 15 is 0 Å². The van der Waals surface area contributed by atoms with Crippen LogP contribution in [0.2, 0.25) is 0 Å². The SMILES string of the molecule is Nc1cnoc1-c1cccc2c1OCCO2. The van der Waals surface area contributed by atoms with E-state index in [1.54, 1.807) is 0 Å². The Labute approximate surface area is 91.7 Å². The van der Waals surface area contributed by atoms with Gasteiger partial charge in [-0.15, -0.1) is 0 Å². The van der Waals surface area contributed by atoms with Gasteiger partial charge in [0.2, 0.25) is 0 Å². The van der Waals surface area contributed by atoms with E-state index in [1.807, 2.05) is 18.2 Å². The first-order chi connectivity index (χ1) is 7.86. The molecule has 0 amide bonds. The number of fused-ring (bicyclic) bond motifs is 1. The Kier molecular flexibility index (Phi) is 1.96. The zero-order valence-electron chi connectivity index (χ0n) is 8.47. The zero-order chi connectivity index (χ0) is 11.0. The van der Waals surface area contributed by atoms with E-state index in [-0.39, 0.29) is 0 Å². The number of rotatable bonds is 1. The van der Waals surface area contributed by atoms with E-state index < -0.39 is 0 Å². The summed E-state index contributed by atoms with van der Waals surface area (Å²) in [4.78, 5) is 0. The molecule has 5 heteroatoms. The first kappa shape index (κ1) is 9.08. The molecule has 0 bridgehead atoms. The molecule has 0 saturated heterocycles. The highest BCUT2D eigenvalue weighted by Gasteiger charge is 2.20. The molecule has 82 valence electrons. The average Bonchev–Trinajstić information content (AvgIpc) is 2.75. The van der Waals surface area contributed by atoms with Crippen LogP contribution in [0, 0.1) is 0 Å². The van der Waals surface area contributed by atoms with Crippen molar-refractivity contribution in [3.8, 4) is 22.8 Å². The van der Waals surface area contributed by atoms with Crippen molar-refractivity contribution in [2.75, 3.05) is 18.9 Å². The fourth-order valence-corrected chi connectivity index (χ4v) is 1.70. The van der Waals surface area contributed by atoms with Gasteiger partial charge in [0, 0.05) is 0 Å². The molecule has 3 rings (SSSR count). The molecule has 5 nitrogen and oxygen atoms in total. The number of aromatic nitrogens is 1. The number of hydrogen-bond acceptors (Lipinski definition) is 5. The summed E-state index contributed by atoms with van der Waals surface area (Å²) >= 11 is 0. The van der Waals surface area contributed by atoms with E-state index in [9.17, 15) is 0 Å². The molecule has 1 aliphatic rings. The van der Waals surface area contributed by atoms with Crippen molar-refractivity contribution in [2.24, 2.45) is 0 Å². The van der Waals surface area contributed by atoms with Crippen molar-refractivity contribution in [2.45, 2.75) is 0 Å². The topological polar surface area (TPSA) is 70.5 Å². The number of nitrogen functional groups attached to an aromatic ring is 1. The summed E-state index contributed by atoms with van der Waals surface area (Å²) in [5, 5.41) is 3.65. The third-order valence-corrected chi connectivity index (χ3v) is 2.41. The predicted molar refractivity (Wildman–Crippen MR) is 57.3 cm³/mol. The summed E-state index contributed by atoms with van der Waals surface area (Å²) in [7, 11) is 0. The molecule has 0 unspecified atom stereocenters. The van der Waals surface area contributed by atoms with Crippen LogP contribution in [-0.2, 0) is 0 Å². The molecular weight excluding hydrogens is 208 g/mol. The number of hydrogen-bond donors (Lipinski definition) is 1. The maximum absolute atomic E-state index is 5.75. The maximum Gasteiger partial charge on any atom is 0.193 e. The van der Waals surface area contributed by atoms with Gasteiger partial charge < -0.3 is 19.7 Å². The molecule has 1 aromatic heterocycles. The van der Waals surface area contributed by atoms with E-state index in [0.717, 1.165) is 5.56 Å². The Morgan fingerprint density at radius 2 is 2.06 bits per heavy atom. The first-order valence-electron chi connectivity index (χ1n) is 4.95. The number of ether oxygens (including phenoxy) is 2. The lowest BCUT2D eigenvalue weighted by molar-refractivity contribution is 0.172. The molecule has 16 heavy (non-hydrogen) atoms. The maximum atomic E-state index is 5.75. The van der Waals surface area contributed by atoms with Gasteiger partial charge in [-0.2, -0.15) is 0 Å². The smallest absolute Gasteiger partial charge is 0.193 e. The van der Waals surface area contributed by atoms with Crippen LogP contribution in [0.25, 0.3) is 11.3 Å². The fourth-order valence-electron chi connectivity index (χ4n) is 1.70. The van der Waals surface area contributed by atoms with Gasteiger partial charge in [-0.25, -0.2) is 0 Å². The normalized spacial score (nSPS) is 13.8. The van der Waals surface area contributed by atoms with Crippen molar-refractivity contribution in [3.05, 3.63) is 24.4 Å². The number of nitrogens with zero attached hydrogens (tertiary/aromatic N) is 1. The highest BCUT2D eigenvalue weighted by atomic mass is 16.6. The van der Waals surface area contributed by atoms with Crippen molar-refractivity contribution in [1.82, 2.24) is 5.16 Å². The van der Waals surface area contributed by atoms with Crippen LogP contribution < -0.4 is 15.2 Å². The minimum absolute atomic E-state index is 0.488. The van der Waals surface area contributed by atoms with E-state index in [1.165, 1.54) is 6.20 Å². The minimum Gasteiger partial charge on any atom is -0.486 e. The molecule has 2 aromatic rings. The minimum atomic E-state index is 0.488. The summed E-state index contributed by atoms with van der Waals surface area (Å²) < 4.78 is 16.1. The largest absolute Gasteiger partial charge is 0.486 e. The molecule has 0 saturated carbocycles. The number of anilines is 1. The lowest BCUT2D eigenvalue weighted by Gasteiger charge is -2.20. The molecule has 0 spiro atoms. The van der Waals surface area contributed by atoms with E-state index in [2.05, 4.69) is 5.16 Å². The molecular formula is C11H10N2O3. The third kappa shape index (κ3) is 1.29. The van der Waals surface area contributed by atoms with Crippen LogP contribution in [0.3, 0.4) is 0 Å². The molecule has 0 fully saturated rings. The molecule has 0 aliphatic carbocycles. The molecule has 1 aliphatic heterocycles. The number of benzene rings is 1. The van der Waals surface area contributed by atoms with Crippen molar-refractivity contribution < 1.29 is 14.0 Å². The Bertz CT molecular complexity index is 522. The zero-order valence-corrected chi connectivity index (χ0v) is 8.47. The molecule has 2 heterocycles. The standard InChI is InChI=1S/C11H10N2O3/c12-8-6-13-16-10(8)7-2-1-3-9-11(7)15-5-4-14-9/h1-3,6H,4-5,12H2. The van der Waals surface area contributed by atoms with Crippen LogP contribution >= 0.6 is 0 Å². The average molecular weight is 218 g/mol. The quantitative estimate of drug-likeness (QED) is 0.788.